The van der Waals surface area contributed by atoms with Gasteiger partial charge in [0.05, 0.1) is 7.11 Å². The lowest BCUT2D eigenvalue weighted by Crippen LogP contribution is -2.25. The summed E-state index contributed by atoms with van der Waals surface area (Å²) in [5.74, 6) is 1.42. The lowest BCUT2D eigenvalue weighted by atomic mass is 10.2. The maximum Gasteiger partial charge on any atom is 0.251 e. The van der Waals surface area contributed by atoms with Crippen molar-refractivity contribution in [2.24, 2.45) is 0 Å². The van der Waals surface area contributed by atoms with Crippen molar-refractivity contribution in [3.63, 3.8) is 0 Å². The molecule has 0 aromatic heterocycles. The van der Waals surface area contributed by atoms with Gasteiger partial charge in [0.2, 0.25) is 5.91 Å². The second-order valence-corrected chi connectivity index (χ2v) is 7.32. The van der Waals surface area contributed by atoms with Crippen molar-refractivity contribution in [2.45, 2.75) is 30.2 Å². The first-order valence-corrected chi connectivity index (χ1v) is 9.60. The van der Waals surface area contributed by atoms with Crippen molar-refractivity contribution < 1.29 is 14.3 Å². The molecule has 2 aromatic rings. The van der Waals surface area contributed by atoms with Gasteiger partial charge in [0, 0.05) is 34.4 Å². The predicted octanol–water partition coefficient (Wildman–Crippen LogP) is 3.71. The Balaban J connectivity index is 1.41. The molecule has 26 heavy (non-hydrogen) atoms. The lowest BCUT2D eigenvalue weighted by molar-refractivity contribution is -0.115. The summed E-state index contributed by atoms with van der Waals surface area (Å²) in [6.45, 7) is 0. The molecular weight excluding hydrogens is 348 g/mol. The molecule has 0 saturated heterocycles. The Kier molecular flexibility index (Phi) is 6.17. The first kappa shape index (κ1) is 18.3. The van der Waals surface area contributed by atoms with E-state index < -0.39 is 0 Å². The van der Waals surface area contributed by atoms with E-state index in [-0.39, 0.29) is 11.8 Å². The van der Waals surface area contributed by atoms with Crippen LogP contribution < -0.4 is 15.4 Å². The summed E-state index contributed by atoms with van der Waals surface area (Å²) in [6.07, 6.45) is 2.55. The number of rotatable bonds is 8. The minimum atomic E-state index is -0.0544. The Labute approximate surface area is 157 Å². The molecule has 1 fully saturated rings. The molecule has 0 unspecified atom stereocenters. The molecule has 1 saturated carbocycles. The summed E-state index contributed by atoms with van der Waals surface area (Å²) < 4.78 is 5.12. The average Bonchev–Trinajstić information content (AvgIpc) is 3.47. The number of carbonyl (C=O) groups is 2. The standard InChI is InChI=1S/C20H22N2O3S/c1-25-17-8-10-18(11-9-17)26-13-12-19(23)21-15-4-2-14(3-5-15)20(24)22-16-6-7-16/h2-5,8-11,16H,6-7,12-13H2,1H3,(H,21,23)(H,22,24). The van der Waals surface area contributed by atoms with E-state index in [1.807, 2.05) is 24.3 Å². The summed E-state index contributed by atoms with van der Waals surface area (Å²) in [5.41, 5.74) is 1.32. The van der Waals surface area contributed by atoms with Crippen LogP contribution in [0.15, 0.2) is 53.4 Å². The molecule has 0 heterocycles. The second-order valence-electron chi connectivity index (χ2n) is 6.15. The smallest absolute Gasteiger partial charge is 0.251 e. The van der Waals surface area contributed by atoms with Crippen LogP contribution in [0.2, 0.25) is 0 Å². The topological polar surface area (TPSA) is 67.4 Å². The Morgan fingerprint density at radius 3 is 2.38 bits per heavy atom. The first-order chi connectivity index (χ1) is 12.6. The number of amides is 2. The van der Waals surface area contributed by atoms with Gasteiger partial charge >= 0.3 is 0 Å². The van der Waals surface area contributed by atoms with Gasteiger partial charge in [0.1, 0.15) is 5.75 Å². The molecule has 6 heteroatoms. The molecule has 2 amide bonds. The van der Waals surface area contributed by atoms with Crippen LogP contribution in [-0.2, 0) is 4.79 Å². The zero-order valence-electron chi connectivity index (χ0n) is 14.7. The monoisotopic (exact) mass is 370 g/mol. The molecule has 2 aromatic carbocycles. The van der Waals surface area contributed by atoms with Gasteiger partial charge in [-0.1, -0.05) is 0 Å². The van der Waals surface area contributed by atoms with Gasteiger partial charge in [0.25, 0.3) is 5.91 Å². The summed E-state index contributed by atoms with van der Waals surface area (Å²) in [7, 11) is 1.64. The van der Waals surface area contributed by atoms with Gasteiger partial charge in [-0.2, -0.15) is 0 Å². The zero-order chi connectivity index (χ0) is 18.4. The summed E-state index contributed by atoms with van der Waals surface area (Å²) in [5, 5.41) is 5.81. The highest BCUT2D eigenvalue weighted by Crippen LogP contribution is 2.22. The molecule has 5 nitrogen and oxygen atoms in total. The van der Waals surface area contributed by atoms with Crippen LogP contribution in [0.25, 0.3) is 0 Å². The van der Waals surface area contributed by atoms with Crippen molar-refractivity contribution in [3.05, 3.63) is 54.1 Å². The van der Waals surface area contributed by atoms with E-state index in [1.54, 1.807) is 43.1 Å². The lowest BCUT2D eigenvalue weighted by Gasteiger charge is -2.07. The highest BCUT2D eigenvalue weighted by atomic mass is 32.2. The number of ether oxygens (including phenoxy) is 1. The van der Waals surface area contributed by atoms with Gasteiger partial charge < -0.3 is 15.4 Å². The number of hydrogen-bond acceptors (Lipinski definition) is 4. The molecule has 0 spiro atoms. The zero-order valence-corrected chi connectivity index (χ0v) is 15.5. The largest absolute Gasteiger partial charge is 0.497 e. The number of thioether (sulfide) groups is 1. The molecule has 0 radical (unpaired) electrons. The number of hydrogen-bond donors (Lipinski definition) is 2. The summed E-state index contributed by atoms with van der Waals surface area (Å²) in [6, 6.07) is 15.1. The summed E-state index contributed by atoms with van der Waals surface area (Å²) >= 11 is 1.63. The molecule has 0 atom stereocenters. The third kappa shape index (κ3) is 5.52. The van der Waals surface area contributed by atoms with Crippen molar-refractivity contribution in [1.29, 1.82) is 0 Å². The Morgan fingerprint density at radius 1 is 1.08 bits per heavy atom. The van der Waals surface area contributed by atoms with E-state index in [4.69, 9.17) is 4.74 Å². The summed E-state index contributed by atoms with van der Waals surface area (Å²) in [4.78, 5) is 25.1. The van der Waals surface area contributed by atoms with E-state index in [9.17, 15) is 9.59 Å². The van der Waals surface area contributed by atoms with Crippen molar-refractivity contribution in [2.75, 3.05) is 18.2 Å². The molecule has 0 aliphatic heterocycles. The Hall–Kier alpha value is -2.47. The Bertz CT molecular complexity index is 756. The van der Waals surface area contributed by atoms with Crippen LogP contribution in [0.1, 0.15) is 29.6 Å². The van der Waals surface area contributed by atoms with Crippen molar-refractivity contribution >= 4 is 29.3 Å². The number of carbonyl (C=O) groups excluding carboxylic acids is 2. The van der Waals surface area contributed by atoms with Gasteiger partial charge in [0.15, 0.2) is 0 Å². The molecule has 2 N–H and O–H groups in total. The second kappa shape index (κ2) is 8.76. The third-order valence-corrected chi connectivity index (χ3v) is 5.01. The minimum absolute atomic E-state index is 0.0406. The normalized spacial score (nSPS) is 13.1. The fraction of sp³-hybridized carbons (Fsp3) is 0.300. The number of benzene rings is 2. The van der Waals surface area contributed by atoms with Crippen LogP contribution in [0.3, 0.4) is 0 Å². The van der Waals surface area contributed by atoms with E-state index >= 15 is 0 Å². The predicted molar refractivity (Wildman–Crippen MR) is 104 cm³/mol. The fourth-order valence-electron chi connectivity index (χ4n) is 2.36. The molecule has 0 bridgehead atoms. The number of anilines is 1. The average molecular weight is 370 g/mol. The van der Waals surface area contributed by atoms with Crippen LogP contribution >= 0.6 is 11.8 Å². The van der Waals surface area contributed by atoms with Gasteiger partial charge in [-0.25, -0.2) is 0 Å². The fourth-order valence-corrected chi connectivity index (χ4v) is 3.21. The highest BCUT2D eigenvalue weighted by molar-refractivity contribution is 7.99. The number of nitrogens with one attached hydrogen (secondary N) is 2. The van der Waals surface area contributed by atoms with E-state index in [0.717, 1.165) is 23.5 Å². The van der Waals surface area contributed by atoms with Crippen LogP contribution in [0.5, 0.6) is 5.75 Å². The maximum atomic E-state index is 12.1. The molecule has 1 aliphatic rings. The van der Waals surface area contributed by atoms with E-state index in [2.05, 4.69) is 10.6 Å². The Morgan fingerprint density at radius 2 is 1.77 bits per heavy atom. The SMILES string of the molecule is COc1ccc(SCCC(=O)Nc2ccc(C(=O)NC3CC3)cc2)cc1. The van der Waals surface area contributed by atoms with Crippen LogP contribution in [0.4, 0.5) is 5.69 Å². The quantitative estimate of drug-likeness (QED) is 0.695. The molecular formula is C20H22N2O3S. The van der Waals surface area contributed by atoms with Crippen LogP contribution in [0, 0.1) is 0 Å². The van der Waals surface area contributed by atoms with Crippen molar-refractivity contribution in [3.8, 4) is 5.75 Å². The molecule has 136 valence electrons. The highest BCUT2D eigenvalue weighted by Gasteiger charge is 2.23. The van der Waals surface area contributed by atoms with E-state index in [0.29, 0.717) is 29.5 Å². The van der Waals surface area contributed by atoms with Crippen LogP contribution in [-0.4, -0.2) is 30.7 Å². The van der Waals surface area contributed by atoms with Gasteiger partial charge in [-0.05, 0) is 61.4 Å². The third-order valence-electron chi connectivity index (χ3n) is 4.00. The molecule has 1 aliphatic carbocycles. The van der Waals surface area contributed by atoms with Crippen molar-refractivity contribution in [1.82, 2.24) is 5.32 Å². The molecule has 3 rings (SSSR count). The number of methoxy groups -OCH3 is 1. The van der Waals surface area contributed by atoms with Gasteiger partial charge in [-0.3, -0.25) is 9.59 Å². The first-order valence-electron chi connectivity index (χ1n) is 8.61. The maximum absolute atomic E-state index is 12.1. The van der Waals surface area contributed by atoms with Gasteiger partial charge in [-0.15, -0.1) is 11.8 Å². The minimum Gasteiger partial charge on any atom is -0.497 e. The van der Waals surface area contributed by atoms with E-state index in [1.165, 1.54) is 0 Å².